The van der Waals surface area contributed by atoms with Crippen LogP contribution in [0, 0.1) is 0 Å². The summed E-state index contributed by atoms with van der Waals surface area (Å²) in [7, 11) is 6.70. The summed E-state index contributed by atoms with van der Waals surface area (Å²) in [6, 6.07) is 6.68. The van der Waals surface area contributed by atoms with E-state index in [1.807, 2.05) is 25.1 Å². The number of rotatable bonds is 9. The molecule has 9 nitrogen and oxygen atoms in total. The van der Waals surface area contributed by atoms with Crippen LogP contribution in [0.5, 0.6) is 23.0 Å². The maximum absolute atomic E-state index is 13.2. The molecule has 3 rings (SSSR count). The van der Waals surface area contributed by atoms with Crippen LogP contribution in [-0.4, -0.2) is 68.9 Å². The zero-order chi connectivity index (χ0) is 21.8. The molecule has 0 fully saturated rings. The van der Waals surface area contributed by atoms with E-state index >= 15 is 0 Å². The van der Waals surface area contributed by atoms with Crippen LogP contribution in [0.15, 0.2) is 24.3 Å². The maximum Gasteiger partial charge on any atom is 0.340 e. The number of aromatic carboxylic acids is 1. The van der Waals surface area contributed by atoms with E-state index in [0.29, 0.717) is 17.9 Å². The Labute approximate surface area is 180 Å². The molecule has 0 atom stereocenters. The maximum atomic E-state index is 13.2. The Morgan fingerprint density at radius 3 is 2.26 bits per heavy atom. The van der Waals surface area contributed by atoms with Crippen LogP contribution in [-0.2, 0) is 12.8 Å². The second-order valence-corrected chi connectivity index (χ2v) is 7.16. The second kappa shape index (κ2) is 10.1. The normalized spacial score (nSPS) is 11.8. The molecular weight excluding hydrogens is 406 g/mol. The summed E-state index contributed by atoms with van der Waals surface area (Å²) >= 11 is 0. The average Bonchev–Trinajstić information content (AvgIpc) is 3.17. The van der Waals surface area contributed by atoms with Crippen molar-refractivity contribution in [3.63, 3.8) is 0 Å². The molecule has 0 saturated heterocycles. The highest BCUT2D eigenvalue weighted by molar-refractivity contribution is 6.08. The van der Waals surface area contributed by atoms with Gasteiger partial charge in [0.1, 0.15) is 5.56 Å². The Morgan fingerprint density at radius 2 is 1.71 bits per heavy atom. The predicted molar refractivity (Wildman–Crippen MR) is 113 cm³/mol. The predicted octanol–water partition coefficient (Wildman–Crippen LogP) is 1.84. The van der Waals surface area contributed by atoms with E-state index in [2.05, 4.69) is 0 Å². The number of fused-ring (bicyclic) bond motifs is 1. The quantitative estimate of drug-likeness (QED) is 0.594. The molecule has 1 aliphatic heterocycles. The Kier molecular flexibility index (Phi) is 7.84. The average molecular weight is 433 g/mol. The molecule has 9 heteroatoms. The first kappa shape index (κ1) is 24.0. The molecule has 2 aromatic rings. The number of carboxylic acid groups (broad SMARTS) is 1. The van der Waals surface area contributed by atoms with Gasteiger partial charge in [-0.1, -0.05) is 0 Å². The zero-order valence-corrected chi connectivity index (χ0v) is 18.0. The molecular formula is C22H27NO8. The lowest BCUT2D eigenvalue weighted by Crippen LogP contribution is -2.17. The van der Waals surface area contributed by atoms with E-state index in [-0.39, 0.29) is 47.1 Å². The third-order valence-electron chi connectivity index (χ3n) is 4.93. The number of carboxylic acids is 1. The van der Waals surface area contributed by atoms with Crippen molar-refractivity contribution in [3.8, 4) is 23.0 Å². The number of carbonyl (C=O) groups is 2. The fraction of sp³-hybridized carbons (Fsp3) is 0.364. The molecule has 31 heavy (non-hydrogen) atoms. The summed E-state index contributed by atoms with van der Waals surface area (Å²) in [6.07, 6.45) is 0.735. The monoisotopic (exact) mass is 433 g/mol. The number of hydrogen-bond donors (Lipinski definition) is 1. The molecule has 1 heterocycles. The van der Waals surface area contributed by atoms with Crippen LogP contribution in [0.2, 0.25) is 0 Å². The SMILES string of the molecule is COc1ccc(C(=O)Cc2cc3c(cc2CCN(C)C)OCO3)c(C(=O)O)c1OC.O. The Balaban J connectivity index is 0.00000341. The Hall–Kier alpha value is -3.30. The number of methoxy groups -OCH3 is 2. The van der Waals surface area contributed by atoms with E-state index in [1.54, 1.807) is 6.07 Å². The number of ketones is 1. The van der Waals surface area contributed by atoms with Gasteiger partial charge in [-0.05, 0) is 55.9 Å². The van der Waals surface area contributed by atoms with E-state index in [4.69, 9.17) is 18.9 Å². The molecule has 1 aliphatic rings. The second-order valence-electron chi connectivity index (χ2n) is 7.16. The van der Waals surface area contributed by atoms with E-state index < -0.39 is 5.97 Å². The van der Waals surface area contributed by atoms with Crippen molar-refractivity contribution in [2.45, 2.75) is 12.8 Å². The van der Waals surface area contributed by atoms with Crippen LogP contribution in [0.25, 0.3) is 0 Å². The van der Waals surface area contributed by atoms with Gasteiger partial charge < -0.3 is 34.4 Å². The summed E-state index contributed by atoms with van der Waals surface area (Å²) in [5.41, 5.74) is 1.59. The number of carbonyl (C=O) groups excluding carboxylic acids is 1. The minimum absolute atomic E-state index is 0. The third kappa shape index (κ3) is 5.07. The lowest BCUT2D eigenvalue weighted by molar-refractivity contribution is 0.0687. The van der Waals surface area contributed by atoms with Gasteiger partial charge in [0.05, 0.1) is 14.2 Å². The number of Topliss-reactive ketones (excluding diaryl/α,β-unsaturated/α-hetero) is 1. The number of hydrogen-bond acceptors (Lipinski definition) is 7. The Bertz CT molecular complexity index is 970. The summed E-state index contributed by atoms with van der Waals surface area (Å²) < 4.78 is 21.3. The van der Waals surface area contributed by atoms with Gasteiger partial charge >= 0.3 is 5.97 Å². The molecule has 3 N–H and O–H groups in total. The molecule has 168 valence electrons. The van der Waals surface area contributed by atoms with Crippen LogP contribution in [0.4, 0.5) is 0 Å². The van der Waals surface area contributed by atoms with Crippen LogP contribution >= 0.6 is 0 Å². The first-order valence-corrected chi connectivity index (χ1v) is 9.43. The molecule has 2 aromatic carbocycles. The van der Waals surface area contributed by atoms with E-state index in [0.717, 1.165) is 17.7 Å². The van der Waals surface area contributed by atoms with Gasteiger partial charge in [0.15, 0.2) is 28.8 Å². The highest BCUT2D eigenvalue weighted by atomic mass is 16.7. The summed E-state index contributed by atoms with van der Waals surface area (Å²) in [6.45, 7) is 0.927. The fourth-order valence-corrected chi connectivity index (χ4v) is 3.41. The van der Waals surface area contributed by atoms with Crippen molar-refractivity contribution in [1.82, 2.24) is 4.90 Å². The van der Waals surface area contributed by atoms with Crippen LogP contribution in [0.1, 0.15) is 31.8 Å². The number of nitrogens with zero attached hydrogens (tertiary/aromatic N) is 1. The summed E-state index contributed by atoms with van der Waals surface area (Å²) in [5.74, 6) is -0.0871. The number of benzene rings is 2. The topological polar surface area (TPSA) is 126 Å². The minimum Gasteiger partial charge on any atom is -0.493 e. The van der Waals surface area contributed by atoms with Gasteiger partial charge in [-0.2, -0.15) is 0 Å². The molecule has 0 bridgehead atoms. The van der Waals surface area contributed by atoms with E-state index in [9.17, 15) is 14.7 Å². The Morgan fingerprint density at radius 1 is 1.06 bits per heavy atom. The van der Waals surface area contributed by atoms with Gasteiger partial charge in [0.25, 0.3) is 0 Å². The number of ether oxygens (including phenoxy) is 4. The molecule has 0 aromatic heterocycles. The van der Waals surface area contributed by atoms with Gasteiger partial charge in [0.2, 0.25) is 6.79 Å². The van der Waals surface area contributed by atoms with Gasteiger partial charge in [-0.25, -0.2) is 4.79 Å². The summed E-state index contributed by atoms with van der Waals surface area (Å²) in [4.78, 5) is 27.1. The van der Waals surface area contributed by atoms with Gasteiger partial charge in [-0.3, -0.25) is 4.79 Å². The zero-order valence-electron chi connectivity index (χ0n) is 18.0. The smallest absolute Gasteiger partial charge is 0.340 e. The lowest BCUT2D eigenvalue weighted by atomic mass is 9.93. The minimum atomic E-state index is -1.26. The standard InChI is InChI=1S/C22H25NO7.H2O/c1-23(2)8-7-13-10-18-19(30-12-29-18)11-14(13)9-16(24)15-5-6-17(27-3)21(28-4)20(15)22(25)26;/h5-6,10-11H,7-9,12H2,1-4H3,(H,25,26);1H2. The third-order valence-corrected chi connectivity index (χ3v) is 4.93. The van der Waals surface area contributed by atoms with Gasteiger partial charge in [0, 0.05) is 18.5 Å². The van der Waals surface area contributed by atoms with Crippen molar-refractivity contribution in [3.05, 3.63) is 46.5 Å². The highest BCUT2D eigenvalue weighted by Crippen LogP contribution is 2.37. The van der Waals surface area contributed by atoms with Crippen molar-refractivity contribution < 1.29 is 39.1 Å². The first-order chi connectivity index (χ1) is 14.3. The fourth-order valence-electron chi connectivity index (χ4n) is 3.41. The summed E-state index contributed by atoms with van der Waals surface area (Å²) in [5, 5.41) is 9.71. The van der Waals surface area contributed by atoms with E-state index in [1.165, 1.54) is 26.4 Å². The first-order valence-electron chi connectivity index (χ1n) is 9.43. The van der Waals surface area contributed by atoms with Crippen molar-refractivity contribution in [2.75, 3.05) is 41.7 Å². The highest BCUT2D eigenvalue weighted by Gasteiger charge is 2.26. The van der Waals surface area contributed by atoms with Crippen molar-refractivity contribution >= 4 is 11.8 Å². The molecule has 0 saturated carbocycles. The van der Waals surface area contributed by atoms with Crippen LogP contribution < -0.4 is 18.9 Å². The van der Waals surface area contributed by atoms with Crippen LogP contribution in [0.3, 0.4) is 0 Å². The largest absolute Gasteiger partial charge is 0.493 e. The number of likely N-dealkylation sites (N-methyl/N-ethyl adjacent to an activating group) is 1. The molecule has 0 radical (unpaired) electrons. The molecule has 0 unspecified atom stereocenters. The molecule has 0 amide bonds. The molecule has 0 spiro atoms. The lowest BCUT2D eigenvalue weighted by Gasteiger charge is -2.16. The molecule has 0 aliphatic carbocycles. The van der Waals surface area contributed by atoms with Crippen molar-refractivity contribution in [2.24, 2.45) is 0 Å². The van der Waals surface area contributed by atoms with Gasteiger partial charge in [-0.15, -0.1) is 0 Å². The van der Waals surface area contributed by atoms with Crippen molar-refractivity contribution in [1.29, 1.82) is 0 Å².